The second-order valence-electron chi connectivity index (χ2n) is 7.56. The molecule has 2 aromatic rings. The smallest absolute Gasteiger partial charge is 0.255 e. The number of nitrogens with zero attached hydrogens (tertiary/aromatic N) is 2. The third-order valence-electron chi connectivity index (χ3n) is 5.37. The molecule has 1 heterocycles. The number of carbonyl (C=O) groups is 1. The maximum absolute atomic E-state index is 12.7. The van der Waals surface area contributed by atoms with Crippen LogP contribution in [0.2, 0.25) is 0 Å². The molecule has 7 heteroatoms. The van der Waals surface area contributed by atoms with Gasteiger partial charge in [0.15, 0.2) is 0 Å². The number of para-hydroxylation sites is 1. The molecule has 1 amide bonds. The van der Waals surface area contributed by atoms with Crippen molar-refractivity contribution in [3.8, 4) is 0 Å². The topological polar surface area (TPSA) is 47.6 Å². The van der Waals surface area contributed by atoms with Crippen LogP contribution in [0.25, 0.3) is 0 Å². The normalized spacial score (nSPS) is 14.1. The highest BCUT2D eigenvalue weighted by Gasteiger charge is 2.19. The molecular formula is C23H34Cl2N4O. The van der Waals surface area contributed by atoms with E-state index in [0.717, 1.165) is 50.5 Å². The lowest BCUT2D eigenvalue weighted by Gasteiger charge is -2.38. The zero-order valence-electron chi connectivity index (χ0n) is 18.1. The van der Waals surface area contributed by atoms with Crippen LogP contribution in [0.4, 0.5) is 11.4 Å². The van der Waals surface area contributed by atoms with Crippen molar-refractivity contribution in [2.45, 2.75) is 33.4 Å². The molecular weight excluding hydrogens is 419 g/mol. The van der Waals surface area contributed by atoms with Crippen molar-refractivity contribution in [3.05, 3.63) is 59.7 Å². The highest BCUT2D eigenvalue weighted by molar-refractivity contribution is 6.04. The molecule has 1 saturated heterocycles. The summed E-state index contributed by atoms with van der Waals surface area (Å²) in [4.78, 5) is 17.6. The van der Waals surface area contributed by atoms with E-state index in [2.05, 4.69) is 53.3 Å². The number of anilines is 2. The Morgan fingerprint density at radius 3 is 2.20 bits per heavy atom. The molecule has 0 aromatic heterocycles. The second kappa shape index (κ2) is 12.8. The van der Waals surface area contributed by atoms with E-state index in [9.17, 15) is 4.79 Å². The molecule has 2 N–H and O–H groups in total. The van der Waals surface area contributed by atoms with Crippen molar-refractivity contribution in [2.75, 3.05) is 42.9 Å². The maximum atomic E-state index is 12.7. The molecule has 0 unspecified atom stereocenters. The van der Waals surface area contributed by atoms with Gasteiger partial charge in [-0.1, -0.05) is 25.1 Å². The fraction of sp³-hybridized carbons (Fsp3) is 0.435. The number of nitrogens with one attached hydrogen (secondary N) is 2. The number of carbonyl (C=O) groups excluding carboxylic acids is 1. The van der Waals surface area contributed by atoms with Crippen LogP contribution in [0.5, 0.6) is 0 Å². The third kappa shape index (κ3) is 6.88. The molecule has 0 atom stereocenters. The van der Waals surface area contributed by atoms with Crippen LogP contribution in [0, 0.1) is 0 Å². The summed E-state index contributed by atoms with van der Waals surface area (Å²) in [6, 6.07) is 16.5. The number of rotatable bonds is 7. The summed E-state index contributed by atoms with van der Waals surface area (Å²) in [5.74, 6) is -0.0693. The summed E-state index contributed by atoms with van der Waals surface area (Å²) >= 11 is 0. The van der Waals surface area contributed by atoms with Gasteiger partial charge in [-0.25, -0.2) is 0 Å². The first-order chi connectivity index (χ1) is 13.6. The first-order valence-electron chi connectivity index (χ1n) is 10.3. The van der Waals surface area contributed by atoms with Crippen LogP contribution in [-0.4, -0.2) is 49.6 Å². The van der Waals surface area contributed by atoms with E-state index in [1.165, 1.54) is 5.69 Å². The van der Waals surface area contributed by atoms with E-state index in [4.69, 9.17) is 0 Å². The van der Waals surface area contributed by atoms with E-state index in [-0.39, 0.29) is 30.7 Å². The number of piperazine rings is 1. The van der Waals surface area contributed by atoms with Gasteiger partial charge in [-0.3, -0.25) is 9.69 Å². The Hall–Kier alpha value is -1.79. The van der Waals surface area contributed by atoms with Crippen molar-refractivity contribution in [1.29, 1.82) is 0 Å². The Labute approximate surface area is 193 Å². The minimum absolute atomic E-state index is 0. The average molecular weight is 453 g/mol. The molecule has 0 radical (unpaired) electrons. The number of amides is 1. The quantitative estimate of drug-likeness (QED) is 0.652. The lowest BCUT2D eigenvalue weighted by Crippen LogP contribution is -2.48. The average Bonchev–Trinajstić information content (AvgIpc) is 2.73. The molecule has 1 aliphatic heterocycles. The van der Waals surface area contributed by atoms with Crippen LogP contribution < -0.4 is 15.5 Å². The molecule has 2 aromatic carbocycles. The van der Waals surface area contributed by atoms with Gasteiger partial charge in [0.1, 0.15) is 0 Å². The molecule has 0 spiro atoms. The van der Waals surface area contributed by atoms with Crippen LogP contribution in [-0.2, 0) is 6.54 Å². The van der Waals surface area contributed by atoms with Crippen LogP contribution in [0.3, 0.4) is 0 Å². The number of hydrogen-bond donors (Lipinski definition) is 2. The lowest BCUT2D eigenvalue weighted by molar-refractivity contribution is 0.102. The van der Waals surface area contributed by atoms with Gasteiger partial charge in [0.05, 0.1) is 0 Å². The summed E-state index contributed by atoms with van der Waals surface area (Å²) in [5, 5.41) is 6.37. The molecule has 5 nitrogen and oxygen atoms in total. The van der Waals surface area contributed by atoms with E-state index in [1.807, 2.05) is 36.4 Å². The summed E-state index contributed by atoms with van der Waals surface area (Å²) < 4.78 is 0. The predicted octanol–water partition coefficient (Wildman–Crippen LogP) is 4.42. The fourth-order valence-corrected chi connectivity index (χ4v) is 3.57. The fourth-order valence-electron chi connectivity index (χ4n) is 3.57. The molecule has 3 rings (SSSR count). The predicted molar refractivity (Wildman–Crippen MR) is 132 cm³/mol. The van der Waals surface area contributed by atoms with E-state index >= 15 is 0 Å². The van der Waals surface area contributed by atoms with Crippen LogP contribution in [0.1, 0.15) is 36.7 Å². The monoisotopic (exact) mass is 452 g/mol. The summed E-state index contributed by atoms with van der Waals surface area (Å²) in [6.45, 7) is 12.4. The third-order valence-corrected chi connectivity index (χ3v) is 5.37. The van der Waals surface area contributed by atoms with Gasteiger partial charge in [-0.2, -0.15) is 0 Å². The zero-order chi connectivity index (χ0) is 19.9. The second-order valence-corrected chi connectivity index (χ2v) is 7.56. The Kier molecular flexibility index (Phi) is 11.2. The Morgan fingerprint density at radius 1 is 0.967 bits per heavy atom. The molecule has 30 heavy (non-hydrogen) atoms. The number of benzene rings is 2. The van der Waals surface area contributed by atoms with Gasteiger partial charge in [-0.15, -0.1) is 24.8 Å². The maximum Gasteiger partial charge on any atom is 0.255 e. The Morgan fingerprint density at radius 2 is 1.60 bits per heavy atom. The van der Waals surface area contributed by atoms with Crippen molar-refractivity contribution < 1.29 is 4.79 Å². The van der Waals surface area contributed by atoms with E-state index in [1.54, 1.807) is 0 Å². The van der Waals surface area contributed by atoms with Crippen molar-refractivity contribution >= 4 is 42.1 Å². The Bertz CT molecular complexity index is 775. The first kappa shape index (κ1) is 26.2. The standard InChI is InChI=1S/C23H32N4O.2ClH/c1-4-24-17-20-7-5-6-8-22(20)25-23(28)19-9-11-21(12-10-19)27-15-13-26(14-16-27)18(2)3;;/h5-12,18,24H,4,13-17H2,1-3H3,(H,25,28);2*1H. The molecule has 0 aliphatic carbocycles. The molecule has 1 aliphatic rings. The molecule has 166 valence electrons. The minimum Gasteiger partial charge on any atom is -0.369 e. The highest BCUT2D eigenvalue weighted by atomic mass is 35.5. The van der Waals surface area contributed by atoms with Gasteiger partial charge in [0.25, 0.3) is 5.91 Å². The lowest BCUT2D eigenvalue weighted by atomic mass is 10.1. The van der Waals surface area contributed by atoms with Gasteiger partial charge in [0.2, 0.25) is 0 Å². The zero-order valence-corrected chi connectivity index (χ0v) is 19.7. The van der Waals surface area contributed by atoms with Crippen molar-refractivity contribution in [3.63, 3.8) is 0 Å². The van der Waals surface area contributed by atoms with Crippen LogP contribution in [0.15, 0.2) is 48.5 Å². The van der Waals surface area contributed by atoms with Crippen molar-refractivity contribution in [1.82, 2.24) is 10.2 Å². The SMILES string of the molecule is CCNCc1ccccc1NC(=O)c1ccc(N2CCN(C(C)C)CC2)cc1.Cl.Cl. The van der Waals surface area contributed by atoms with Crippen molar-refractivity contribution in [2.24, 2.45) is 0 Å². The summed E-state index contributed by atoms with van der Waals surface area (Å²) in [6.07, 6.45) is 0. The number of halogens is 2. The highest BCUT2D eigenvalue weighted by Crippen LogP contribution is 2.20. The van der Waals surface area contributed by atoms with E-state index < -0.39 is 0 Å². The van der Waals surface area contributed by atoms with Gasteiger partial charge in [0, 0.05) is 55.7 Å². The molecule has 0 bridgehead atoms. The molecule has 1 fully saturated rings. The molecule has 0 saturated carbocycles. The van der Waals surface area contributed by atoms with Crippen LogP contribution >= 0.6 is 24.8 Å². The van der Waals surface area contributed by atoms with Gasteiger partial charge >= 0.3 is 0 Å². The van der Waals surface area contributed by atoms with Gasteiger partial charge < -0.3 is 15.5 Å². The first-order valence-corrected chi connectivity index (χ1v) is 10.3. The summed E-state index contributed by atoms with van der Waals surface area (Å²) in [5.41, 5.74) is 3.83. The largest absolute Gasteiger partial charge is 0.369 e. The van der Waals surface area contributed by atoms with Gasteiger partial charge in [-0.05, 0) is 56.3 Å². The minimum atomic E-state index is -0.0693. The Balaban J connectivity index is 0.00000225. The summed E-state index contributed by atoms with van der Waals surface area (Å²) in [7, 11) is 0. The number of hydrogen-bond acceptors (Lipinski definition) is 4. The van der Waals surface area contributed by atoms with E-state index in [0.29, 0.717) is 11.6 Å².